The number of aromatic hydroxyl groups is 1. The number of rotatable bonds is 6. The van der Waals surface area contributed by atoms with Gasteiger partial charge in [0.1, 0.15) is 11.6 Å². The fourth-order valence-corrected chi connectivity index (χ4v) is 7.88. The number of aromatic nitrogens is 3. The summed E-state index contributed by atoms with van der Waals surface area (Å²) in [7, 11) is 0. The Morgan fingerprint density at radius 3 is 1.78 bits per heavy atom. The zero-order valence-electron chi connectivity index (χ0n) is 36.1. The molecule has 0 amide bonds. The van der Waals surface area contributed by atoms with Crippen molar-refractivity contribution in [3.8, 4) is 67.5 Å². The Bertz CT molecular complexity index is 2820. The van der Waals surface area contributed by atoms with E-state index in [1.165, 1.54) is 27.8 Å². The molecule has 0 aliphatic rings. The third-order valence-corrected chi connectivity index (χ3v) is 11.5. The topological polar surface area (TPSA) is 50.9 Å². The van der Waals surface area contributed by atoms with E-state index >= 15 is 0 Å². The average molecular weight is 774 g/mol. The van der Waals surface area contributed by atoms with E-state index in [9.17, 15) is 5.11 Å². The van der Waals surface area contributed by atoms with E-state index in [0.29, 0.717) is 11.4 Å². The highest BCUT2D eigenvalue weighted by Crippen LogP contribution is 2.43. The normalized spacial score (nSPS) is 12.3. The number of phenolic OH excluding ortho intramolecular Hbond substituents is 1. The van der Waals surface area contributed by atoms with E-state index in [1.807, 2.05) is 24.4 Å². The molecule has 0 saturated carbocycles. The molecule has 2 heterocycles. The third-order valence-electron chi connectivity index (χ3n) is 11.5. The molecule has 1 N–H and O–H groups in total. The summed E-state index contributed by atoms with van der Waals surface area (Å²) in [5, 5.41) is 11.4. The summed E-state index contributed by atoms with van der Waals surface area (Å²) in [4.78, 5) is 10.4. The minimum absolute atomic E-state index is 0.0354. The van der Waals surface area contributed by atoms with Crippen LogP contribution in [0.25, 0.3) is 72.7 Å². The molecule has 8 aromatic rings. The lowest BCUT2D eigenvalue weighted by Crippen LogP contribution is -2.12. The highest BCUT2D eigenvalue weighted by atomic mass is 16.3. The van der Waals surface area contributed by atoms with Crippen LogP contribution in [0.5, 0.6) is 5.75 Å². The van der Waals surface area contributed by atoms with Crippen molar-refractivity contribution in [1.82, 2.24) is 14.5 Å². The number of phenols is 1. The zero-order valence-corrected chi connectivity index (χ0v) is 36.1. The highest BCUT2D eigenvalue weighted by Gasteiger charge is 2.25. The molecule has 296 valence electrons. The van der Waals surface area contributed by atoms with Crippen molar-refractivity contribution < 1.29 is 5.11 Å². The van der Waals surface area contributed by atoms with Gasteiger partial charge in [0.2, 0.25) is 0 Å². The molecule has 0 bridgehead atoms. The summed E-state index contributed by atoms with van der Waals surface area (Å²) in [5.74, 6) is 0.867. The van der Waals surface area contributed by atoms with E-state index in [2.05, 4.69) is 189 Å². The molecule has 59 heavy (non-hydrogen) atoms. The summed E-state index contributed by atoms with van der Waals surface area (Å²) < 4.78 is 2.24. The highest BCUT2D eigenvalue weighted by molar-refractivity contribution is 5.97. The number of para-hydroxylation sites is 2. The fourth-order valence-electron chi connectivity index (χ4n) is 7.88. The first-order valence-electron chi connectivity index (χ1n) is 20.7. The van der Waals surface area contributed by atoms with Gasteiger partial charge in [-0.3, -0.25) is 9.55 Å². The summed E-state index contributed by atoms with van der Waals surface area (Å²) in [6.07, 6.45) is 1.91. The van der Waals surface area contributed by atoms with Crippen LogP contribution in [0, 0.1) is 6.92 Å². The van der Waals surface area contributed by atoms with Crippen LogP contribution in [0.4, 0.5) is 0 Å². The molecule has 2 aromatic heterocycles. The van der Waals surface area contributed by atoms with Crippen LogP contribution in [-0.4, -0.2) is 19.6 Å². The first kappa shape index (κ1) is 39.6. The Kier molecular flexibility index (Phi) is 9.95. The molecule has 0 unspecified atom stereocenters. The maximum absolute atomic E-state index is 11.4. The summed E-state index contributed by atoms with van der Waals surface area (Å²) in [6, 6.07) is 49.6. The predicted octanol–water partition coefficient (Wildman–Crippen LogP) is 14.7. The molecule has 4 nitrogen and oxygen atoms in total. The zero-order chi connectivity index (χ0) is 41.9. The van der Waals surface area contributed by atoms with Crippen molar-refractivity contribution in [1.29, 1.82) is 0 Å². The van der Waals surface area contributed by atoms with Crippen molar-refractivity contribution in [2.45, 2.75) is 85.5 Å². The van der Waals surface area contributed by atoms with Gasteiger partial charge in [0.25, 0.3) is 0 Å². The quantitative estimate of drug-likeness (QED) is 0.183. The van der Waals surface area contributed by atoms with Crippen molar-refractivity contribution in [2.75, 3.05) is 0 Å². The van der Waals surface area contributed by atoms with Crippen LogP contribution in [0.2, 0.25) is 0 Å². The number of aryl methyl sites for hydroxylation is 1. The van der Waals surface area contributed by atoms with Crippen LogP contribution in [0.1, 0.15) is 84.6 Å². The van der Waals surface area contributed by atoms with Gasteiger partial charge < -0.3 is 5.11 Å². The van der Waals surface area contributed by atoms with Crippen LogP contribution in [0.15, 0.2) is 146 Å². The Hall–Kier alpha value is -6.26. The number of hydrogen-bond acceptors (Lipinski definition) is 3. The SMILES string of the molecule is Cc1ccc(-c2ccnc(-c3cc(-c4cccc5c4nc(-c4ccccc4O)n5-c4ccc(C(C)(C)C)cc4-c4ccc(C(C)(C)C)cc4)cc(C(C)(C)C)c3)c2)cc1. The van der Waals surface area contributed by atoms with Crippen LogP contribution < -0.4 is 0 Å². The Morgan fingerprint density at radius 2 is 1.10 bits per heavy atom. The number of nitrogens with zero attached hydrogens (tertiary/aromatic N) is 3. The lowest BCUT2D eigenvalue weighted by Gasteiger charge is -2.24. The maximum Gasteiger partial charge on any atom is 0.149 e. The number of pyridine rings is 1. The van der Waals surface area contributed by atoms with Gasteiger partial charge in [0.15, 0.2) is 0 Å². The molecular weight excluding hydrogens is 719 g/mol. The van der Waals surface area contributed by atoms with Gasteiger partial charge in [-0.1, -0.05) is 153 Å². The monoisotopic (exact) mass is 773 g/mol. The van der Waals surface area contributed by atoms with Crippen molar-refractivity contribution in [3.63, 3.8) is 0 Å². The molecular formula is C55H55N3O. The maximum atomic E-state index is 11.4. The standard InChI is InChI=1S/C55H55N3O/c1-35-18-20-36(21-19-35)38-28-29-56-47(33-38)40-30-39(31-43(32-40)55(8,9)10)44-15-13-16-49-51(44)57-52(45-14-11-12-17-50(45)59)58(49)48-27-26-42(54(5,6)7)34-46(48)37-22-24-41(25-23-37)53(2,3)4/h11-34,59H,1-10H3. The van der Waals surface area contributed by atoms with E-state index in [1.54, 1.807) is 6.07 Å². The van der Waals surface area contributed by atoms with Gasteiger partial charge in [-0.25, -0.2) is 4.98 Å². The summed E-state index contributed by atoms with van der Waals surface area (Å²) in [6.45, 7) is 22.4. The minimum atomic E-state index is -0.125. The molecule has 0 radical (unpaired) electrons. The van der Waals surface area contributed by atoms with Crippen molar-refractivity contribution >= 4 is 11.0 Å². The van der Waals surface area contributed by atoms with Gasteiger partial charge in [-0.15, -0.1) is 0 Å². The van der Waals surface area contributed by atoms with Crippen LogP contribution in [-0.2, 0) is 16.2 Å². The fraction of sp³-hybridized carbons (Fsp3) is 0.236. The molecule has 0 aliphatic carbocycles. The summed E-state index contributed by atoms with van der Waals surface area (Å²) >= 11 is 0. The van der Waals surface area contributed by atoms with Gasteiger partial charge in [0.05, 0.1) is 28.0 Å². The number of hydrogen-bond donors (Lipinski definition) is 1. The number of fused-ring (bicyclic) bond motifs is 1. The molecule has 0 fully saturated rings. The minimum Gasteiger partial charge on any atom is -0.507 e. The van der Waals surface area contributed by atoms with Crippen LogP contribution >= 0.6 is 0 Å². The van der Waals surface area contributed by atoms with E-state index in [0.717, 1.165) is 55.8 Å². The van der Waals surface area contributed by atoms with E-state index in [-0.39, 0.29) is 22.0 Å². The molecule has 0 aliphatic heterocycles. The second kappa shape index (κ2) is 14.8. The molecule has 0 spiro atoms. The lowest BCUT2D eigenvalue weighted by atomic mass is 9.83. The molecule has 8 rings (SSSR count). The van der Waals surface area contributed by atoms with Gasteiger partial charge >= 0.3 is 0 Å². The van der Waals surface area contributed by atoms with E-state index < -0.39 is 0 Å². The first-order chi connectivity index (χ1) is 28.0. The Labute approximate surface area is 350 Å². The van der Waals surface area contributed by atoms with Crippen molar-refractivity contribution in [3.05, 3.63) is 168 Å². The molecule has 4 heteroatoms. The van der Waals surface area contributed by atoms with Gasteiger partial charge in [-0.05, 0) is 117 Å². The second-order valence-electron chi connectivity index (χ2n) is 19.1. The van der Waals surface area contributed by atoms with Gasteiger partial charge in [0, 0.05) is 22.9 Å². The third kappa shape index (κ3) is 7.84. The largest absolute Gasteiger partial charge is 0.507 e. The second-order valence-corrected chi connectivity index (χ2v) is 19.1. The summed E-state index contributed by atoms with van der Waals surface area (Å²) in [5.41, 5.74) is 16.9. The first-order valence-corrected chi connectivity index (χ1v) is 20.7. The smallest absolute Gasteiger partial charge is 0.149 e. The lowest BCUT2D eigenvalue weighted by molar-refractivity contribution is 0.477. The Balaban J connectivity index is 1.38. The molecule has 0 saturated heterocycles. The Morgan fingerprint density at radius 1 is 0.475 bits per heavy atom. The van der Waals surface area contributed by atoms with Crippen LogP contribution in [0.3, 0.4) is 0 Å². The number of imidazole rings is 1. The van der Waals surface area contributed by atoms with Crippen molar-refractivity contribution in [2.24, 2.45) is 0 Å². The molecule has 6 aromatic carbocycles. The number of benzene rings is 6. The molecule has 0 atom stereocenters. The average Bonchev–Trinajstić information content (AvgIpc) is 3.59. The van der Waals surface area contributed by atoms with E-state index in [4.69, 9.17) is 9.97 Å². The van der Waals surface area contributed by atoms with Gasteiger partial charge in [-0.2, -0.15) is 0 Å². The predicted molar refractivity (Wildman–Crippen MR) is 249 cm³/mol.